The van der Waals surface area contributed by atoms with E-state index in [1.807, 2.05) is 0 Å². The summed E-state index contributed by atoms with van der Waals surface area (Å²) in [5.41, 5.74) is 0.264. The van der Waals surface area contributed by atoms with Gasteiger partial charge < -0.3 is 5.32 Å². The molecule has 1 aliphatic carbocycles. The lowest BCUT2D eigenvalue weighted by molar-refractivity contribution is 0.486. The van der Waals surface area contributed by atoms with Gasteiger partial charge in [-0.2, -0.15) is 4.31 Å². The van der Waals surface area contributed by atoms with E-state index in [2.05, 4.69) is 11.9 Å². The first-order valence-electron chi connectivity index (χ1n) is 6.64. The van der Waals surface area contributed by atoms with Crippen LogP contribution in [0.3, 0.4) is 0 Å². The first-order chi connectivity index (χ1) is 9.86. The van der Waals surface area contributed by atoms with Crippen molar-refractivity contribution in [3.05, 3.63) is 41.2 Å². The van der Waals surface area contributed by atoms with Gasteiger partial charge in [0.05, 0.1) is 0 Å². The van der Waals surface area contributed by atoms with Gasteiger partial charge in [0, 0.05) is 36.8 Å². The van der Waals surface area contributed by atoms with Crippen LogP contribution in [-0.4, -0.2) is 32.4 Å². The molecule has 0 bridgehead atoms. The van der Waals surface area contributed by atoms with E-state index in [4.69, 9.17) is 11.6 Å². The van der Waals surface area contributed by atoms with Gasteiger partial charge in [-0.3, -0.25) is 0 Å². The fraction of sp³-hybridized carbons (Fsp3) is 0.429. The highest BCUT2D eigenvalue weighted by molar-refractivity contribution is 7.89. The van der Waals surface area contributed by atoms with Crippen LogP contribution < -0.4 is 5.32 Å². The Morgan fingerprint density at radius 1 is 1.52 bits per heavy atom. The van der Waals surface area contributed by atoms with E-state index in [1.165, 1.54) is 19.2 Å². The highest BCUT2D eigenvalue weighted by Crippen LogP contribution is 2.27. The van der Waals surface area contributed by atoms with Gasteiger partial charge in [-0.05, 0) is 25.0 Å². The van der Waals surface area contributed by atoms with Gasteiger partial charge in [-0.15, -0.1) is 6.58 Å². The van der Waals surface area contributed by atoms with Gasteiger partial charge in [-0.25, -0.2) is 12.8 Å². The van der Waals surface area contributed by atoms with Gasteiger partial charge in [0.2, 0.25) is 10.0 Å². The Bertz CT molecular complexity index is 645. The molecule has 0 amide bonds. The first-order valence-corrected chi connectivity index (χ1v) is 8.46. The van der Waals surface area contributed by atoms with E-state index >= 15 is 0 Å². The SMILES string of the molecule is C=CCN(C)S(=O)(=O)c1cc(Cl)cc(CNC2CC2)c1F. The molecule has 1 fully saturated rings. The molecule has 0 spiro atoms. The highest BCUT2D eigenvalue weighted by atomic mass is 35.5. The number of nitrogens with zero attached hydrogens (tertiary/aromatic N) is 1. The zero-order chi connectivity index (χ0) is 15.6. The van der Waals surface area contributed by atoms with Gasteiger partial charge in [-0.1, -0.05) is 17.7 Å². The fourth-order valence-corrected chi connectivity index (χ4v) is 3.50. The van der Waals surface area contributed by atoms with Crippen molar-refractivity contribution < 1.29 is 12.8 Å². The number of sulfonamides is 1. The molecule has 21 heavy (non-hydrogen) atoms. The summed E-state index contributed by atoms with van der Waals surface area (Å²) in [4.78, 5) is -0.396. The maximum Gasteiger partial charge on any atom is 0.246 e. The van der Waals surface area contributed by atoms with Crippen LogP contribution >= 0.6 is 11.6 Å². The second kappa shape index (κ2) is 6.44. The van der Waals surface area contributed by atoms with Gasteiger partial charge in [0.25, 0.3) is 0 Å². The summed E-state index contributed by atoms with van der Waals surface area (Å²) in [6.45, 7) is 3.85. The number of nitrogens with one attached hydrogen (secondary N) is 1. The van der Waals surface area contributed by atoms with E-state index in [0.717, 1.165) is 23.2 Å². The average Bonchev–Trinajstić information content (AvgIpc) is 3.23. The molecule has 0 aromatic heterocycles. The molecule has 116 valence electrons. The minimum absolute atomic E-state index is 0.101. The van der Waals surface area contributed by atoms with Crippen LogP contribution in [0.25, 0.3) is 0 Å². The summed E-state index contributed by atoms with van der Waals surface area (Å²) in [7, 11) is -2.55. The smallest absolute Gasteiger partial charge is 0.246 e. The second-order valence-electron chi connectivity index (χ2n) is 5.11. The van der Waals surface area contributed by atoms with Crippen LogP contribution in [0.2, 0.25) is 5.02 Å². The third kappa shape index (κ3) is 3.83. The fourth-order valence-electron chi connectivity index (χ4n) is 1.92. The Kier molecular flexibility index (Phi) is 5.03. The third-order valence-corrected chi connectivity index (χ3v) is 5.35. The van der Waals surface area contributed by atoms with E-state index in [9.17, 15) is 12.8 Å². The molecule has 7 heteroatoms. The molecule has 1 aromatic rings. The summed E-state index contributed by atoms with van der Waals surface area (Å²) in [5, 5.41) is 3.35. The maximum atomic E-state index is 14.5. The number of likely N-dealkylation sites (N-methyl/N-ethyl adjacent to an activating group) is 1. The summed E-state index contributed by atoms with van der Waals surface area (Å²) in [6.07, 6.45) is 3.57. The quantitative estimate of drug-likeness (QED) is 0.781. The van der Waals surface area contributed by atoms with Crippen LogP contribution in [0.5, 0.6) is 0 Å². The summed E-state index contributed by atoms with van der Waals surface area (Å²) in [6, 6.07) is 3.00. The summed E-state index contributed by atoms with van der Waals surface area (Å²) in [5.74, 6) is -0.747. The number of rotatable bonds is 7. The van der Waals surface area contributed by atoms with Crippen LogP contribution in [0.15, 0.2) is 29.7 Å². The zero-order valence-electron chi connectivity index (χ0n) is 11.8. The molecule has 0 atom stereocenters. The Balaban J connectivity index is 2.35. The van der Waals surface area contributed by atoms with Crippen LogP contribution in [0.1, 0.15) is 18.4 Å². The number of benzene rings is 1. The van der Waals surface area contributed by atoms with Crippen LogP contribution in [0, 0.1) is 5.82 Å². The molecule has 1 aromatic carbocycles. The van der Waals surface area contributed by atoms with Gasteiger partial charge in [0.15, 0.2) is 0 Å². The monoisotopic (exact) mass is 332 g/mol. The Labute approximate surface area is 129 Å². The predicted octanol–water partition coefficient (Wildman–Crippen LogP) is 2.54. The topological polar surface area (TPSA) is 49.4 Å². The van der Waals surface area contributed by atoms with Crippen molar-refractivity contribution in [1.29, 1.82) is 0 Å². The standard InChI is InChI=1S/C14H18ClFN2O2S/c1-3-6-18(2)21(19,20)13-8-11(15)7-10(14(13)16)9-17-12-4-5-12/h3,7-8,12,17H,1,4-6,9H2,2H3. The van der Waals surface area contributed by atoms with E-state index in [1.54, 1.807) is 0 Å². The molecule has 0 saturated heterocycles. The third-order valence-electron chi connectivity index (χ3n) is 3.31. The second-order valence-corrected chi connectivity index (χ2v) is 7.56. The lowest BCUT2D eigenvalue weighted by atomic mass is 10.2. The molecule has 0 unspecified atom stereocenters. The minimum Gasteiger partial charge on any atom is -0.310 e. The van der Waals surface area contributed by atoms with E-state index < -0.39 is 20.7 Å². The van der Waals surface area contributed by atoms with E-state index in [0.29, 0.717) is 6.04 Å². The number of hydrogen-bond donors (Lipinski definition) is 1. The normalized spacial score (nSPS) is 15.4. The highest BCUT2D eigenvalue weighted by Gasteiger charge is 2.27. The van der Waals surface area contributed by atoms with E-state index in [-0.39, 0.29) is 23.7 Å². The van der Waals surface area contributed by atoms with Crippen molar-refractivity contribution in [2.45, 2.75) is 30.3 Å². The van der Waals surface area contributed by atoms with Crippen LogP contribution in [-0.2, 0) is 16.6 Å². The Hall–Kier alpha value is -0.950. The van der Waals surface area contributed by atoms with Gasteiger partial charge in [0.1, 0.15) is 10.7 Å². The largest absolute Gasteiger partial charge is 0.310 e. The lowest BCUT2D eigenvalue weighted by Crippen LogP contribution is -2.28. The van der Waals surface area contributed by atoms with Gasteiger partial charge >= 0.3 is 0 Å². The lowest BCUT2D eigenvalue weighted by Gasteiger charge is -2.17. The zero-order valence-corrected chi connectivity index (χ0v) is 13.3. The summed E-state index contributed by atoms with van der Waals surface area (Å²) >= 11 is 5.94. The van der Waals surface area contributed by atoms with Crippen molar-refractivity contribution in [2.24, 2.45) is 0 Å². The first kappa shape index (κ1) is 16.4. The molecule has 1 N–H and O–H groups in total. The molecule has 4 nitrogen and oxygen atoms in total. The van der Waals surface area contributed by atoms with Crippen molar-refractivity contribution in [2.75, 3.05) is 13.6 Å². The Morgan fingerprint density at radius 3 is 2.76 bits per heavy atom. The average molecular weight is 333 g/mol. The maximum absolute atomic E-state index is 14.5. The van der Waals surface area contributed by atoms with Crippen molar-refractivity contribution in [3.8, 4) is 0 Å². The number of hydrogen-bond acceptors (Lipinski definition) is 3. The molecule has 1 aliphatic rings. The number of halogens is 2. The van der Waals surface area contributed by atoms with Crippen molar-refractivity contribution >= 4 is 21.6 Å². The molecule has 0 radical (unpaired) electrons. The molecular formula is C14H18ClFN2O2S. The molecule has 1 saturated carbocycles. The molecule has 0 heterocycles. The van der Waals surface area contributed by atoms with Crippen LogP contribution in [0.4, 0.5) is 4.39 Å². The summed E-state index contributed by atoms with van der Waals surface area (Å²) < 4.78 is 40.2. The Morgan fingerprint density at radius 2 is 2.19 bits per heavy atom. The molecule has 0 aliphatic heterocycles. The van der Waals surface area contributed by atoms with Crippen molar-refractivity contribution in [1.82, 2.24) is 9.62 Å². The molecular weight excluding hydrogens is 315 g/mol. The predicted molar refractivity (Wildman–Crippen MR) is 81.3 cm³/mol. The minimum atomic E-state index is -3.92. The van der Waals surface area contributed by atoms with Crippen molar-refractivity contribution in [3.63, 3.8) is 0 Å². The molecule has 2 rings (SSSR count).